The van der Waals surface area contributed by atoms with Crippen molar-refractivity contribution in [1.82, 2.24) is 4.98 Å². The molecule has 1 rings (SSSR count). The van der Waals surface area contributed by atoms with E-state index in [1.165, 1.54) is 7.11 Å². The molecule has 1 heterocycles. The first kappa shape index (κ1) is 14.3. The van der Waals surface area contributed by atoms with Gasteiger partial charge in [-0.15, -0.1) is 0 Å². The second-order valence-electron chi connectivity index (χ2n) is 3.14. The van der Waals surface area contributed by atoms with Crippen LogP contribution in [0.15, 0.2) is 6.07 Å². The maximum atomic E-state index is 12.7. The molecule has 0 radical (unpaired) electrons. The Morgan fingerprint density at radius 3 is 2.71 bits per heavy atom. The minimum Gasteiger partial charge on any atom is -0.469 e. The van der Waals surface area contributed by atoms with Gasteiger partial charge < -0.3 is 4.74 Å². The molecule has 0 aliphatic heterocycles. The number of halogens is 4. The Labute approximate surface area is 110 Å². The van der Waals surface area contributed by atoms with Crippen LogP contribution in [0.5, 0.6) is 0 Å². The molecule has 17 heavy (non-hydrogen) atoms. The average molecular weight is 329 g/mol. The second kappa shape index (κ2) is 6.26. The van der Waals surface area contributed by atoms with Gasteiger partial charge in [-0.05, 0) is 6.07 Å². The van der Waals surface area contributed by atoms with Gasteiger partial charge in [0.05, 0.1) is 29.9 Å². The number of methoxy groups -OCH3 is 1. The standard InChI is InChI=1S/C10H9BrClF2NO2/c1-17-9(16)3-7-5(10(13)14)2-6(12)8(4-11)15-7/h2,10H,3-4H2,1H3. The molecule has 0 aliphatic rings. The third-order valence-corrected chi connectivity index (χ3v) is 2.92. The summed E-state index contributed by atoms with van der Waals surface area (Å²) >= 11 is 8.91. The Kier molecular flexibility index (Phi) is 5.27. The van der Waals surface area contributed by atoms with Gasteiger partial charge in [-0.25, -0.2) is 8.78 Å². The lowest BCUT2D eigenvalue weighted by Crippen LogP contribution is -2.10. The maximum Gasteiger partial charge on any atom is 0.311 e. The summed E-state index contributed by atoms with van der Waals surface area (Å²) in [6.07, 6.45) is -3.03. The molecule has 0 saturated heterocycles. The Morgan fingerprint density at radius 1 is 1.59 bits per heavy atom. The number of nitrogens with zero attached hydrogens (tertiary/aromatic N) is 1. The number of carbonyl (C=O) groups is 1. The Hall–Kier alpha value is -0.750. The summed E-state index contributed by atoms with van der Waals surface area (Å²) in [6, 6.07) is 1.13. The number of hydrogen-bond donors (Lipinski definition) is 0. The highest BCUT2D eigenvalue weighted by atomic mass is 79.9. The molecule has 0 amide bonds. The first-order valence-electron chi connectivity index (χ1n) is 4.58. The van der Waals surface area contributed by atoms with Crippen LogP contribution in [-0.2, 0) is 21.3 Å². The van der Waals surface area contributed by atoms with Crippen molar-refractivity contribution in [2.45, 2.75) is 18.2 Å². The highest BCUT2D eigenvalue weighted by molar-refractivity contribution is 9.08. The summed E-state index contributed by atoms with van der Waals surface area (Å²) in [4.78, 5) is 15.0. The lowest BCUT2D eigenvalue weighted by molar-refractivity contribution is -0.139. The minimum absolute atomic E-state index is 0.00861. The van der Waals surface area contributed by atoms with E-state index in [0.717, 1.165) is 6.07 Å². The number of aromatic nitrogens is 1. The predicted molar refractivity (Wildman–Crippen MR) is 62.6 cm³/mol. The van der Waals surface area contributed by atoms with Crippen molar-refractivity contribution in [3.63, 3.8) is 0 Å². The van der Waals surface area contributed by atoms with Gasteiger partial charge in [0.25, 0.3) is 6.43 Å². The number of carbonyl (C=O) groups excluding carboxylic acids is 1. The zero-order chi connectivity index (χ0) is 13.0. The Bertz CT molecular complexity index is 429. The fraction of sp³-hybridized carbons (Fsp3) is 0.400. The van der Waals surface area contributed by atoms with Crippen molar-refractivity contribution in [2.75, 3.05) is 7.11 Å². The second-order valence-corrected chi connectivity index (χ2v) is 4.11. The van der Waals surface area contributed by atoms with Gasteiger partial charge in [0, 0.05) is 10.9 Å². The third-order valence-electron chi connectivity index (χ3n) is 2.06. The fourth-order valence-electron chi connectivity index (χ4n) is 1.22. The van der Waals surface area contributed by atoms with Gasteiger partial charge in [-0.3, -0.25) is 9.78 Å². The van der Waals surface area contributed by atoms with Crippen LogP contribution in [0.2, 0.25) is 5.02 Å². The summed E-state index contributed by atoms with van der Waals surface area (Å²) in [5.74, 6) is -0.623. The molecule has 0 aliphatic carbocycles. The van der Waals surface area contributed by atoms with Crippen LogP contribution in [0.3, 0.4) is 0 Å². The molecule has 1 aromatic heterocycles. The minimum atomic E-state index is -2.73. The quantitative estimate of drug-likeness (QED) is 0.629. The highest BCUT2D eigenvalue weighted by Crippen LogP contribution is 2.28. The van der Waals surface area contributed by atoms with Crippen LogP contribution >= 0.6 is 27.5 Å². The molecular formula is C10H9BrClF2NO2. The Balaban J connectivity index is 3.19. The number of hydrogen-bond acceptors (Lipinski definition) is 3. The van der Waals surface area contributed by atoms with Crippen molar-refractivity contribution >= 4 is 33.5 Å². The summed E-state index contributed by atoms with van der Waals surface area (Å²) in [7, 11) is 1.19. The van der Waals surface area contributed by atoms with Crippen LogP contribution in [-0.4, -0.2) is 18.1 Å². The van der Waals surface area contributed by atoms with Gasteiger partial charge in [0.2, 0.25) is 0 Å². The smallest absolute Gasteiger partial charge is 0.311 e. The van der Waals surface area contributed by atoms with Crippen molar-refractivity contribution in [1.29, 1.82) is 0 Å². The number of alkyl halides is 3. The molecule has 7 heteroatoms. The summed E-state index contributed by atoms with van der Waals surface area (Å²) < 4.78 is 29.9. The lowest BCUT2D eigenvalue weighted by Gasteiger charge is -2.10. The van der Waals surface area contributed by atoms with Crippen LogP contribution in [0.1, 0.15) is 23.4 Å². The summed E-state index contributed by atoms with van der Waals surface area (Å²) in [5.41, 5.74) is 0.0609. The molecule has 0 saturated carbocycles. The predicted octanol–water partition coefficient (Wildman–Crippen LogP) is 3.28. The van der Waals surface area contributed by atoms with Crippen molar-refractivity contribution in [3.8, 4) is 0 Å². The molecule has 0 atom stereocenters. The van der Waals surface area contributed by atoms with E-state index >= 15 is 0 Å². The van der Waals surface area contributed by atoms with E-state index < -0.39 is 12.4 Å². The summed E-state index contributed by atoms with van der Waals surface area (Å²) in [5, 5.41) is 0.467. The molecule has 0 aromatic carbocycles. The monoisotopic (exact) mass is 327 g/mol. The van der Waals surface area contributed by atoms with E-state index in [9.17, 15) is 13.6 Å². The average Bonchev–Trinajstić information content (AvgIpc) is 2.30. The largest absolute Gasteiger partial charge is 0.469 e. The molecule has 0 unspecified atom stereocenters. The topological polar surface area (TPSA) is 39.2 Å². The third kappa shape index (κ3) is 3.61. The maximum absolute atomic E-state index is 12.7. The number of esters is 1. The van der Waals surface area contributed by atoms with E-state index in [0.29, 0.717) is 11.0 Å². The number of pyridine rings is 1. The number of rotatable bonds is 4. The van der Waals surface area contributed by atoms with Gasteiger partial charge in [-0.2, -0.15) is 0 Å². The zero-order valence-corrected chi connectivity index (χ0v) is 11.2. The molecule has 0 bridgehead atoms. The van der Waals surface area contributed by atoms with Crippen molar-refractivity contribution in [3.05, 3.63) is 28.0 Å². The lowest BCUT2D eigenvalue weighted by atomic mass is 10.1. The first-order valence-corrected chi connectivity index (χ1v) is 6.08. The molecule has 0 spiro atoms. The van der Waals surface area contributed by atoms with E-state index in [1.807, 2.05) is 0 Å². The van der Waals surface area contributed by atoms with E-state index in [4.69, 9.17) is 11.6 Å². The molecule has 94 valence electrons. The van der Waals surface area contributed by atoms with E-state index in [2.05, 4.69) is 25.7 Å². The van der Waals surface area contributed by atoms with Crippen LogP contribution in [0.4, 0.5) is 8.78 Å². The molecule has 3 nitrogen and oxygen atoms in total. The van der Waals surface area contributed by atoms with Crippen LogP contribution in [0, 0.1) is 0 Å². The van der Waals surface area contributed by atoms with Gasteiger partial charge in [0.1, 0.15) is 0 Å². The van der Waals surface area contributed by atoms with Gasteiger partial charge >= 0.3 is 5.97 Å². The van der Waals surface area contributed by atoms with Gasteiger partial charge in [-0.1, -0.05) is 27.5 Å². The van der Waals surface area contributed by atoms with E-state index in [-0.39, 0.29) is 22.7 Å². The van der Waals surface area contributed by atoms with Crippen molar-refractivity contribution in [2.24, 2.45) is 0 Å². The van der Waals surface area contributed by atoms with Crippen LogP contribution in [0.25, 0.3) is 0 Å². The van der Waals surface area contributed by atoms with Crippen LogP contribution < -0.4 is 0 Å². The fourth-order valence-corrected chi connectivity index (χ4v) is 2.03. The molecule has 1 aromatic rings. The molecule has 0 N–H and O–H groups in total. The molecular weight excluding hydrogens is 319 g/mol. The highest BCUT2D eigenvalue weighted by Gasteiger charge is 2.19. The summed E-state index contributed by atoms with van der Waals surface area (Å²) in [6.45, 7) is 0. The zero-order valence-electron chi connectivity index (χ0n) is 8.84. The van der Waals surface area contributed by atoms with Crippen molar-refractivity contribution < 1.29 is 18.3 Å². The Morgan fingerprint density at radius 2 is 2.24 bits per heavy atom. The number of ether oxygens (including phenoxy) is 1. The van der Waals surface area contributed by atoms with Gasteiger partial charge in [0.15, 0.2) is 0 Å². The SMILES string of the molecule is COC(=O)Cc1nc(CBr)c(Cl)cc1C(F)F. The molecule has 0 fully saturated rings. The normalized spacial score (nSPS) is 10.7. The van der Waals surface area contributed by atoms with E-state index in [1.54, 1.807) is 0 Å². The first-order chi connectivity index (χ1) is 7.99.